The Morgan fingerprint density at radius 2 is 1.83 bits per heavy atom. The molecular weight excluding hydrogens is 532 g/mol. The molecule has 0 fully saturated rings. The van der Waals surface area contributed by atoms with Crippen LogP contribution in [0.5, 0.6) is 11.5 Å². The lowest BCUT2D eigenvalue weighted by Crippen LogP contribution is -2.41. The maximum Gasteiger partial charge on any atom is 0.335 e. The highest BCUT2D eigenvalue weighted by Gasteiger charge is 2.19. The Balaban J connectivity index is 1.40. The van der Waals surface area contributed by atoms with Crippen molar-refractivity contribution in [2.24, 2.45) is 7.05 Å². The van der Waals surface area contributed by atoms with Crippen LogP contribution in [-0.2, 0) is 20.0 Å². The van der Waals surface area contributed by atoms with Crippen molar-refractivity contribution in [2.75, 3.05) is 0 Å². The fraction of sp³-hybridized carbons (Fsp3) is 0.100. The molecule has 9 nitrogen and oxygen atoms in total. The van der Waals surface area contributed by atoms with Gasteiger partial charge in [0.2, 0.25) is 0 Å². The van der Waals surface area contributed by atoms with Gasteiger partial charge in [0.15, 0.2) is 17.3 Å². The van der Waals surface area contributed by atoms with Gasteiger partial charge in [0.25, 0.3) is 5.56 Å². The van der Waals surface area contributed by atoms with Crippen LogP contribution in [0.1, 0.15) is 15.9 Å². The average molecular weight is 556 g/mol. The number of Topliss-reactive ketones (excluding diaryl/α,β-unsaturated/α-hetero) is 1. The molecule has 0 N–H and O–H groups in total. The number of aryl methyl sites for hydroxylation is 1. The van der Waals surface area contributed by atoms with E-state index in [0.717, 1.165) is 39.1 Å². The molecule has 41 heavy (non-hydrogen) atoms. The molecule has 0 aliphatic carbocycles. The quantitative estimate of drug-likeness (QED) is 0.196. The second kappa shape index (κ2) is 11.3. The molecule has 0 unspecified atom stereocenters. The minimum absolute atomic E-state index is 0.0265. The second-order valence-electron chi connectivity index (χ2n) is 9.13. The number of nitrogens with zero attached hydrogens (tertiary/aromatic N) is 5. The summed E-state index contributed by atoms with van der Waals surface area (Å²) >= 11 is 0. The molecule has 0 aliphatic rings. The van der Waals surface area contributed by atoms with Gasteiger partial charge in [-0.25, -0.2) is 18.1 Å². The molecule has 206 valence electrons. The maximum atomic E-state index is 15.0. The smallest absolute Gasteiger partial charge is 0.335 e. The predicted octanol–water partition coefficient (Wildman–Crippen LogP) is 4.48. The molecule has 0 atom stereocenters. The highest BCUT2D eigenvalue weighted by Crippen LogP contribution is 2.28. The molecule has 2 aromatic carbocycles. The number of hydrogen-bond acceptors (Lipinski definition) is 6. The number of benzene rings is 2. The molecule has 11 heteroatoms. The van der Waals surface area contributed by atoms with Crippen LogP contribution in [0.15, 0.2) is 102 Å². The number of hydrogen-bond donors (Lipinski definition) is 0. The third-order valence-electron chi connectivity index (χ3n) is 6.19. The first kappa shape index (κ1) is 27.1. The minimum Gasteiger partial charge on any atom is -0.454 e. The molecule has 0 bridgehead atoms. The van der Waals surface area contributed by atoms with Crippen LogP contribution >= 0.6 is 0 Å². The topological polar surface area (TPSA) is 101 Å². The van der Waals surface area contributed by atoms with Crippen LogP contribution < -0.4 is 16.0 Å². The number of pyridine rings is 1. The monoisotopic (exact) mass is 555 g/mol. The molecule has 3 heterocycles. The van der Waals surface area contributed by atoms with Gasteiger partial charge < -0.3 is 4.74 Å². The highest BCUT2D eigenvalue weighted by atomic mass is 19.1. The number of carbonyl (C=O) groups is 1. The fourth-order valence-corrected chi connectivity index (χ4v) is 4.21. The van der Waals surface area contributed by atoms with Crippen molar-refractivity contribution in [3.63, 3.8) is 0 Å². The van der Waals surface area contributed by atoms with E-state index in [1.807, 2.05) is 0 Å². The molecule has 0 amide bonds. The summed E-state index contributed by atoms with van der Waals surface area (Å²) in [5.41, 5.74) is -0.101. The third kappa shape index (κ3) is 5.78. The first-order valence-corrected chi connectivity index (χ1v) is 12.4. The predicted molar refractivity (Wildman–Crippen MR) is 147 cm³/mol. The Labute approximate surface area is 232 Å². The number of carbonyl (C=O) groups excluding carboxylic acids is 1. The summed E-state index contributed by atoms with van der Waals surface area (Å²) in [7, 11) is 1.78. The molecule has 5 aromatic rings. The van der Waals surface area contributed by atoms with Crippen molar-refractivity contribution in [1.82, 2.24) is 23.9 Å². The van der Waals surface area contributed by atoms with Crippen LogP contribution in [-0.4, -0.2) is 29.7 Å². The van der Waals surface area contributed by atoms with Gasteiger partial charge >= 0.3 is 5.69 Å². The molecule has 5 rings (SSSR count). The lowest BCUT2D eigenvalue weighted by Gasteiger charge is -2.12. The Morgan fingerprint density at radius 3 is 2.51 bits per heavy atom. The van der Waals surface area contributed by atoms with Crippen molar-refractivity contribution in [1.29, 1.82) is 0 Å². The van der Waals surface area contributed by atoms with Crippen molar-refractivity contribution < 1.29 is 18.3 Å². The zero-order chi connectivity index (χ0) is 29.1. The normalized spacial score (nSPS) is 10.9. The molecular formula is C30H23F2N5O4. The van der Waals surface area contributed by atoms with Crippen LogP contribution in [0.3, 0.4) is 0 Å². The number of allylic oxidation sites excluding steroid dienone is 1. The first-order valence-electron chi connectivity index (χ1n) is 12.4. The largest absolute Gasteiger partial charge is 0.454 e. The van der Waals surface area contributed by atoms with E-state index in [1.54, 1.807) is 36.3 Å². The lowest BCUT2D eigenvalue weighted by atomic mass is 10.0. The minimum atomic E-state index is -0.866. The van der Waals surface area contributed by atoms with Crippen LogP contribution in [0.25, 0.3) is 16.9 Å². The van der Waals surface area contributed by atoms with E-state index < -0.39 is 28.7 Å². The SMILES string of the molecule is C=CCn1cc(C(=O)Cc2ccc(Oc3ccnc(-c4cnn(C)c4)c3)c(F)c2)c(=O)n(-c2ccc(F)cc2)c1=O. The van der Waals surface area contributed by atoms with Crippen molar-refractivity contribution >= 4 is 5.78 Å². The lowest BCUT2D eigenvalue weighted by molar-refractivity contribution is 0.0990. The number of ketones is 1. The molecule has 0 spiro atoms. The zero-order valence-electron chi connectivity index (χ0n) is 21.8. The van der Waals surface area contributed by atoms with Crippen LogP contribution in [0, 0.1) is 11.6 Å². The van der Waals surface area contributed by atoms with E-state index in [0.29, 0.717) is 17.0 Å². The first-order chi connectivity index (χ1) is 19.7. The van der Waals surface area contributed by atoms with Gasteiger partial charge in [-0.2, -0.15) is 5.10 Å². The van der Waals surface area contributed by atoms with Crippen LogP contribution in [0.4, 0.5) is 8.78 Å². The van der Waals surface area contributed by atoms with E-state index in [-0.39, 0.29) is 30.0 Å². The summed E-state index contributed by atoms with van der Waals surface area (Å²) in [6.45, 7) is 3.63. The zero-order valence-corrected chi connectivity index (χ0v) is 21.8. The van der Waals surface area contributed by atoms with E-state index in [1.165, 1.54) is 36.5 Å². The highest BCUT2D eigenvalue weighted by molar-refractivity contribution is 5.97. The van der Waals surface area contributed by atoms with Crippen molar-refractivity contribution in [2.45, 2.75) is 13.0 Å². The maximum absolute atomic E-state index is 15.0. The van der Waals surface area contributed by atoms with Crippen molar-refractivity contribution in [3.05, 3.63) is 136 Å². The summed E-state index contributed by atoms with van der Waals surface area (Å²) in [6.07, 6.45) is 7.25. The Bertz CT molecular complexity index is 1890. The molecule has 0 saturated carbocycles. The van der Waals surface area contributed by atoms with E-state index in [2.05, 4.69) is 16.7 Å². The van der Waals surface area contributed by atoms with E-state index >= 15 is 4.39 Å². The number of aromatic nitrogens is 5. The number of rotatable bonds is 9. The third-order valence-corrected chi connectivity index (χ3v) is 6.19. The average Bonchev–Trinajstić information content (AvgIpc) is 3.39. The standard InChI is InChI=1S/C30H23F2N5O4/c1-3-12-36-18-24(29(39)37(30(36)40)22-7-5-21(31)6-8-22)27(38)14-19-4-9-28(25(32)13-19)41-23-10-11-33-26(15-23)20-16-34-35(2)17-20/h3-11,13,15-18H,1,12,14H2,2H3. The van der Waals surface area contributed by atoms with Gasteiger partial charge in [0.1, 0.15) is 17.1 Å². The Hall–Kier alpha value is -5.45. The van der Waals surface area contributed by atoms with Gasteiger partial charge in [-0.15, -0.1) is 6.58 Å². The second-order valence-corrected chi connectivity index (χ2v) is 9.13. The van der Waals surface area contributed by atoms with Gasteiger partial charge in [-0.1, -0.05) is 12.1 Å². The van der Waals surface area contributed by atoms with Gasteiger partial charge in [0, 0.05) is 50.2 Å². The summed E-state index contributed by atoms with van der Waals surface area (Å²) in [5, 5.41) is 4.12. The Kier molecular flexibility index (Phi) is 7.51. The summed E-state index contributed by atoms with van der Waals surface area (Å²) < 4.78 is 37.7. The summed E-state index contributed by atoms with van der Waals surface area (Å²) in [5.74, 6) is -1.61. The fourth-order valence-electron chi connectivity index (χ4n) is 4.21. The van der Waals surface area contributed by atoms with Crippen molar-refractivity contribution in [3.8, 4) is 28.4 Å². The van der Waals surface area contributed by atoms with Gasteiger partial charge in [-0.05, 0) is 48.0 Å². The molecule has 0 saturated heterocycles. The number of halogens is 2. The molecule has 0 radical (unpaired) electrons. The molecule has 0 aliphatic heterocycles. The summed E-state index contributed by atoms with van der Waals surface area (Å²) in [4.78, 5) is 43.7. The summed E-state index contributed by atoms with van der Waals surface area (Å²) in [6, 6.07) is 12.0. The van der Waals surface area contributed by atoms with E-state index in [9.17, 15) is 18.8 Å². The van der Waals surface area contributed by atoms with Gasteiger partial charge in [0.05, 0.1) is 17.6 Å². The number of ether oxygens (including phenoxy) is 1. The Morgan fingerprint density at radius 1 is 1.05 bits per heavy atom. The van der Waals surface area contributed by atoms with Gasteiger partial charge in [-0.3, -0.25) is 23.8 Å². The molecule has 3 aromatic heterocycles. The van der Waals surface area contributed by atoms with E-state index in [4.69, 9.17) is 4.74 Å². The van der Waals surface area contributed by atoms with Crippen LogP contribution in [0.2, 0.25) is 0 Å².